The van der Waals surface area contributed by atoms with Gasteiger partial charge in [0.1, 0.15) is 13.2 Å². The van der Waals surface area contributed by atoms with Gasteiger partial charge in [-0.15, -0.1) is 0 Å². The van der Waals surface area contributed by atoms with Crippen molar-refractivity contribution < 1.29 is 28.6 Å². The van der Waals surface area contributed by atoms with Crippen LogP contribution in [0.2, 0.25) is 0 Å². The highest BCUT2D eigenvalue weighted by molar-refractivity contribution is 5.71. The number of hydrogen-bond donors (Lipinski definition) is 0. The largest absolute Gasteiger partial charge is 0.462 e. The first-order chi connectivity index (χ1) is 34.5. The van der Waals surface area contributed by atoms with Crippen LogP contribution in [0.25, 0.3) is 0 Å². The highest BCUT2D eigenvalue weighted by Gasteiger charge is 2.19. The summed E-state index contributed by atoms with van der Waals surface area (Å²) in [6.45, 7) is 6.56. The molecule has 0 aliphatic heterocycles. The summed E-state index contributed by atoms with van der Waals surface area (Å²) in [5, 5.41) is 0. The van der Waals surface area contributed by atoms with Gasteiger partial charge in [0, 0.05) is 19.3 Å². The molecule has 0 bridgehead atoms. The Kier molecular flexibility index (Phi) is 56.7. The van der Waals surface area contributed by atoms with E-state index in [9.17, 15) is 14.4 Å². The molecule has 0 aromatic rings. The minimum atomic E-state index is -0.783. The summed E-state index contributed by atoms with van der Waals surface area (Å²) in [4.78, 5) is 38.2. The lowest BCUT2D eigenvalue weighted by atomic mass is 10.0. The number of rotatable bonds is 56. The second kappa shape index (κ2) is 58.9. The molecule has 408 valence electrons. The van der Waals surface area contributed by atoms with Crippen molar-refractivity contribution in [3.8, 4) is 0 Å². The summed E-state index contributed by atoms with van der Waals surface area (Å²) in [5.41, 5.74) is 0. The summed E-state index contributed by atoms with van der Waals surface area (Å²) in [7, 11) is 0. The Labute approximate surface area is 435 Å². The molecule has 0 rings (SSSR count). The SMILES string of the molecule is CC/C=C\C/C=C\C/C=C\C/C=C\CCCCCC(=O)OCC(COC(=O)CCCCCCCCCCCCCCCCCCCC)OC(=O)CCCCCCCCCCCCCCCCCCCC. The van der Waals surface area contributed by atoms with Crippen molar-refractivity contribution in [3.63, 3.8) is 0 Å². The van der Waals surface area contributed by atoms with Gasteiger partial charge in [-0.05, 0) is 57.8 Å². The topological polar surface area (TPSA) is 78.9 Å². The Hall–Kier alpha value is -2.63. The maximum Gasteiger partial charge on any atom is 0.306 e. The summed E-state index contributed by atoms with van der Waals surface area (Å²) < 4.78 is 16.9. The molecule has 0 aromatic carbocycles. The van der Waals surface area contributed by atoms with E-state index in [1.54, 1.807) is 0 Å². The molecule has 0 N–H and O–H groups in total. The lowest BCUT2D eigenvalue weighted by Crippen LogP contribution is -2.30. The Balaban J connectivity index is 4.37. The normalized spacial score (nSPS) is 12.3. The molecule has 70 heavy (non-hydrogen) atoms. The predicted octanol–water partition coefficient (Wildman–Crippen LogP) is 20.6. The molecule has 0 amide bonds. The van der Waals surface area contributed by atoms with Crippen LogP contribution in [0.5, 0.6) is 0 Å². The minimum absolute atomic E-state index is 0.0785. The predicted molar refractivity (Wildman–Crippen MR) is 302 cm³/mol. The summed E-state index contributed by atoms with van der Waals surface area (Å²) in [6.07, 6.45) is 72.5. The summed E-state index contributed by atoms with van der Waals surface area (Å²) in [6, 6.07) is 0. The van der Waals surface area contributed by atoms with Gasteiger partial charge < -0.3 is 14.2 Å². The number of esters is 3. The average molecular weight is 982 g/mol. The molecule has 0 aromatic heterocycles. The zero-order valence-corrected chi connectivity index (χ0v) is 46.8. The van der Waals surface area contributed by atoms with Gasteiger partial charge in [-0.2, -0.15) is 0 Å². The van der Waals surface area contributed by atoms with E-state index in [1.165, 1.54) is 193 Å². The molecular formula is C64H116O6. The van der Waals surface area contributed by atoms with E-state index in [1.807, 2.05) is 0 Å². The fourth-order valence-corrected chi connectivity index (χ4v) is 9.02. The zero-order valence-electron chi connectivity index (χ0n) is 46.8. The highest BCUT2D eigenvalue weighted by Crippen LogP contribution is 2.17. The number of carbonyl (C=O) groups is 3. The van der Waals surface area contributed by atoms with E-state index >= 15 is 0 Å². The molecule has 1 unspecified atom stereocenters. The van der Waals surface area contributed by atoms with E-state index in [0.29, 0.717) is 19.3 Å². The van der Waals surface area contributed by atoms with Gasteiger partial charge in [-0.1, -0.05) is 294 Å². The van der Waals surface area contributed by atoms with Crippen LogP contribution in [0.1, 0.15) is 323 Å². The summed E-state index contributed by atoms with van der Waals surface area (Å²) >= 11 is 0. The van der Waals surface area contributed by atoms with Gasteiger partial charge in [-0.25, -0.2) is 0 Å². The van der Waals surface area contributed by atoms with Crippen molar-refractivity contribution in [1.82, 2.24) is 0 Å². The van der Waals surface area contributed by atoms with Gasteiger partial charge in [0.2, 0.25) is 0 Å². The van der Waals surface area contributed by atoms with Gasteiger partial charge in [0.15, 0.2) is 6.10 Å². The van der Waals surface area contributed by atoms with Gasteiger partial charge in [0.05, 0.1) is 0 Å². The first-order valence-corrected chi connectivity index (χ1v) is 30.6. The third kappa shape index (κ3) is 56.3. The molecule has 0 saturated carbocycles. The van der Waals surface area contributed by atoms with Crippen molar-refractivity contribution in [2.45, 2.75) is 329 Å². The van der Waals surface area contributed by atoms with E-state index < -0.39 is 6.10 Å². The third-order valence-electron chi connectivity index (χ3n) is 13.6. The third-order valence-corrected chi connectivity index (χ3v) is 13.6. The fraction of sp³-hybridized carbons (Fsp3) is 0.828. The molecule has 0 heterocycles. The fourth-order valence-electron chi connectivity index (χ4n) is 9.02. The van der Waals surface area contributed by atoms with Crippen molar-refractivity contribution >= 4 is 17.9 Å². The van der Waals surface area contributed by atoms with Gasteiger partial charge in [0.25, 0.3) is 0 Å². The second-order valence-electron chi connectivity index (χ2n) is 20.6. The first-order valence-electron chi connectivity index (χ1n) is 30.6. The standard InChI is InChI=1S/C64H116O6/c1-4-7-10-13-16-19-22-25-28-31-33-36-39-42-45-48-51-54-57-63(66)69-60-61(59-68-62(65)56-53-50-47-44-41-38-35-30-27-24-21-18-15-12-9-6-3)70-64(67)58-55-52-49-46-43-40-37-34-32-29-26-23-20-17-14-11-8-5-2/h9,12,18,21,27,30,38,41,61H,4-8,10-11,13-17,19-20,22-26,28-29,31-37,39-40,42-60H2,1-3H3/b12-9-,21-18-,30-27-,41-38-. The maximum atomic E-state index is 12.9. The number of carbonyl (C=O) groups excluding carboxylic acids is 3. The van der Waals surface area contributed by atoms with Crippen LogP contribution in [-0.2, 0) is 28.6 Å². The molecule has 0 fully saturated rings. The Morgan fingerprint density at radius 3 is 0.871 bits per heavy atom. The zero-order chi connectivity index (χ0) is 50.7. The van der Waals surface area contributed by atoms with Crippen molar-refractivity contribution in [2.75, 3.05) is 13.2 Å². The lowest BCUT2D eigenvalue weighted by Gasteiger charge is -2.18. The van der Waals surface area contributed by atoms with Crippen molar-refractivity contribution in [1.29, 1.82) is 0 Å². The average Bonchev–Trinajstić information content (AvgIpc) is 3.36. The number of unbranched alkanes of at least 4 members (excludes halogenated alkanes) is 37. The van der Waals surface area contributed by atoms with Gasteiger partial charge >= 0.3 is 17.9 Å². The van der Waals surface area contributed by atoms with Crippen LogP contribution in [-0.4, -0.2) is 37.2 Å². The monoisotopic (exact) mass is 981 g/mol. The van der Waals surface area contributed by atoms with Crippen LogP contribution < -0.4 is 0 Å². The molecule has 0 radical (unpaired) electrons. The molecule has 0 aliphatic rings. The first kappa shape index (κ1) is 67.4. The summed E-state index contributed by atoms with van der Waals surface area (Å²) in [5.74, 6) is -0.889. The molecule has 0 saturated heterocycles. The van der Waals surface area contributed by atoms with Crippen LogP contribution >= 0.6 is 0 Å². The minimum Gasteiger partial charge on any atom is -0.462 e. The number of hydrogen-bond acceptors (Lipinski definition) is 6. The van der Waals surface area contributed by atoms with Crippen LogP contribution in [0.15, 0.2) is 48.6 Å². The molecule has 6 nitrogen and oxygen atoms in total. The molecular weight excluding hydrogens is 865 g/mol. The smallest absolute Gasteiger partial charge is 0.306 e. The van der Waals surface area contributed by atoms with E-state index in [2.05, 4.69) is 69.4 Å². The second-order valence-corrected chi connectivity index (χ2v) is 20.6. The van der Waals surface area contributed by atoms with Crippen LogP contribution in [0.3, 0.4) is 0 Å². The van der Waals surface area contributed by atoms with E-state index in [4.69, 9.17) is 14.2 Å². The number of ether oxygens (including phenoxy) is 3. The van der Waals surface area contributed by atoms with Crippen molar-refractivity contribution in [2.24, 2.45) is 0 Å². The van der Waals surface area contributed by atoms with Gasteiger partial charge in [-0.3, -0.25) is 14.4 Å². The molecule has 6 heteroatoms. The molecule has 0 spiro atoms. The number of allylic oxidation sites excluding steroid dienone is 8. The Morgan fingerprint density at radius 1 is 0.300 bits per heavy atom. The highest BCUT2D eigenvalue weighted by atomic mass is 16.6. The van der Waals surface area contributed by atoms with Crippen LogP contribution in [0, 0.1) is 0 Å². The van der Waals surface area contributed by atoms with Crippen LogP contribution in [0.4, 0.5) is 0 Å². The van der Waals surface area contributed by atoms with E-state index in [0.717, 1.165) is 89.9 Å². The van der Waals surface area contributed by atoms with Crippen molar-refractivity contribution in [3.05, 3.63) is 48.6 Å². The molecule has 1 atom stereocenters. The quantitative estimate of drug-likeness (QED) is 0.0261. The lowest BCUT2D eigenvalue weighted by molar-refractivity contribution is -0.167. The Morgan fingerprint density at radius 2 is 0.557 bits per heavy atom. The van der Waals surface area contributed by atoms with E-state index in [-0.39, 0.29) is 31.1 Å². The molecule has 0 aliphatic carbocycles. The maximum absolute atomic E-state index is 12.9. The Bertz CT molecular complexity index is 1220.